The molecule has 1 saturated carbocycles. The van der Waals surface area contributed by atoms with Crippen molar-refractivity contribution >= 4 is 33.7 Å². The predicted octanol–water partition coefficient (Wildman–Crippen LogP) is 5.97. The van der Waals surface area contributed by atoms with Gasteiger partial charge in [0, 0.05) is 23.5 Å². The summed E-state index contributed by atoms with van der Waals surface area (Å²) < 4.78 is 13.0. The van der Waals surface area contributed by atoms with Gasteiger partial charge in [0.05, 0.1) is 11.1 Å². The summed E-state index contributed by atoms with van der Waals surface area (Å²) in [5.41, 5.74) is 2.67. The summed E-state index contributed by atoms with van der Waals surface area (Å²) in [6, 6.07) is 23.9. The van der Waals surface area contributed by atoms with Gasteiger partial charge >= 0.3 is 5.97 Å². The van der Waals surface area contributed by atoms with Gasteiger partial charge in [-0.15, -0.1) is 0 Å². The first-order valence-electron chi connectivity index (χ1n) is 14.0. The molecule has 41 heavy (non-hydrogen) atoms. The van der Waals surface area contributed by atoms with Crippen LogP contribution in [-0.2, 0) is 11.3 Å². The third-order valence-corrected chi connectivity index (χ3v) is 7.97. The van der Waals surface area contributed by atoms with Crippen LogP contribution in [0.1, 0.15) is 63.8 Å². The second kappa shape index (κ2) is 11.4. The van der Waals surface area contributed by atoms with E-state index in [1.54, 1.807) is 35.8 Å². The number of ether oxygens (including phenoxy) is 1. The fourth-order valence-corrected chi connectivity index (χ4v) is 5.96. The van der Waals surface area contributed by atoms with E-state index in [1.807, 2.05) is 54.6 Å². The number of aromatic nitrogens is 2. The number of carbonyl (C=O) groups excluding carboxylic acids is 2. The van der Waals surface area contributed by atoms with Crippen molar-refractivity contribution in [3.05, 3.63) is 112 Å². The van der Waals surface area contributed by atoms with Gasteiger partial charge in [0.1, 0.15) is 23.3 Å². The van der Waals surface area contributed by atoms with Crippen molar-refractivity contribution in [2.45, 2.75) is 45.3 Å². The Labute approximate surface area is 236 Å². The van der Waals surface area contributed by atoms with Gasteiger partial charge in [-0.2, -0.15) is 0 Å². The fraction of sp³-hybridized carbons (Fsp3) is 0.273. The van der Waals surface area contributed by atoms with E-state index >= 15 is 0 Å². The molecular formula is C33H31N3O5. The van der Waals surface area contributed by atoms with E-state index < -0.39 is 5.97 Å². The number of aryl methyl sites for hydroxylation is 1. The standard InChI is InChI=1S/C33H31N3O5/c1-21-28-30(35-41-21)29-26(33(39)40-20-22-10-4-2-5-11-22)16-9-17-27(29)36(32(28)38)25-15-8-12-23(18-25)19-34-31(37)24-13-6-3-7-14-24/h2-7,9-11,13-14,16-17,23,25H,8,12,15,18-20H2,1H3,(H,34,37). The molecule has 1 amide bonds. The van der Waals surface area contributed by atoms with Gasteiger partial charge < -0.3 is 19.1 Å². The van der Waals surface area contributed by atoms with E-state index in [9.17, 15) is 14.4 Å². The van der Waals surface area contributed by atoms with Crippen molar-refractivity contribution in [3.63, 3.8) is 0 Å². The summed E-state index contributed by atoms with van der Waals surface area (Å²) in [7, 11) is 0. The van der Waals surface area contributed by atoms with Gasteiger partial charge in [0.15, 0.2) is 0 Å². The maximum Gasteiger partial charge on any atom is 0.339 e. The molecule has 1 fully saturated rings. The number of pyridine rings is 1. The molecule has 1 aliphatic carbocycles. The van der Waals surface area contributed by atoms with Crippen molar-refractivity contribution in [1.82, 2.24) is 15.0 Å². The SMILES string of the molecule is Cc1onc2c1c(=O)n(C1CCCC(CNC(=O)c3ccccc3)C1)c1cccc(C(=O)OCc3ccccc3)c21. The highest BCUT2D eigenvalue weighted by molar-refractivity contribution is 6.14. The normalized spacial score (nSPS) is 17.0. The topological polar surface area (TPSA) is 103 Å². The molecule has 0 spiro atoms. The number of amides is 1. The van der Waals surface area contributed by atoms with Gasteiger partial charge in [0.2, 0.25) is 0 Å². The van der Waals surface area contributed by atoms with Gasteiger partial charge in [-0.25, -0.2) is 4.79 Å². The summed E-state index contributed by atoms with van der Waals surface area (Å²) in [5, 5.41) is 8.20. The van der Waals surface area contributed by atoms with E-state index in [0.29, 0.717) is 45.2 Å². The average Bonchev–Trinajstić information content (AvgIpc) is 3.41. The Hall–Kier alpha value is -4.72. The first kappa shape index (κ1) is 26.5. The van der Waals surface area contributed by atoms with Crippen LogP contribution in [-0.4, -0.2) is 28.1 Å². The first-order chi connectivity index (χ1) is 20.0. The van der Waals surface area contributed by atoms with E-state index in [4.69, 9.17) is 9.26 Å². The minimum absolute atomic E-state index is 0.101. The monoisotopic (exact) mass is 549 g/mol. The van der Waals surface area contributed by atoms with Gasteiger partial charge in [-0.05, 0) is 61.9 Å². The molecule has 0 bridgehead atoms. The summed E-state index contributed by atoms with van der Waals surface area (Å²) in [4.78, 5) is 40.0. The van der Waals surface area contributed by atoms with Gasteiger partial charge in [-0.1, -0.05) is 66.2 Å². The molecule has 8 nitrogen and oxygen atoms in total. The van der Waals surface area contributed by atoms with Crippen LogP contribution in [0.2, 0.25) is 0 Å². The fourth-order valence-electron chi connectivity index (χ4n) is 5.96. The Morgan fingerprint density at radius 2 is 1.73 bits per heavy atom. The second-order valence-electron chi connectivity index (χ2n) is 10.7. The molecule has 208 valence electrons. The smallest absolute Gasteiger partial charge is 0.339 e. The van der Waals surface area contributed by atoms with Crippen LogP contribution in [0.3, 0.4) is 0 Å². The minimum atomic E-state index is -0.489. The molecule has 2 atom stereocenters. The maximum absolute atomic E-state index is 14.0. The molecule has 2 aromatic heterocycles. The average molecular weight is 550 g/mol. The largest absolute Gasteiger partial charge is 0.457 e. The summed E-state index contributed by atoms with van der Waals surface area (Å²) in [6.45, 7) is 2.38. The number of esters is 1. The lowest BCUT2D eigenvalue weighted by Crippen LogP contribution is -2.34. The number of nitrogens with zero attached hydrogens (tertiary/aromatic N) is 2. The maximum atomic E-state index is 14.0. The van der Waals surface area contributed by atoms with Crippen molar-refractivity contribution in [3.8, 4) is 0 Å². The number of fused-ring (bicyclic) bond motifs is 3. The lowest BCUT2D eigenvalue weighted by Gasteiger charge is -2.31. The summed E-state index contributed by atoms with van der Waals surface area (Å²) in [5.74, 6) is 0.0319. The first-order valence-corrected chi connectivity index (χ1v) is 14.0. The summed E-state index contributed by atoms with van der Waals surface area (Å²) in [6.07, 6.45) is 3.42. The number of hydrogen-bond acceptors (Lipinski definition) is 6. The highest BCUT2D eigenvalue weighted by Crippen LogP contribution is 2.36. The van der Waals surface area contributed by atoms with Crippen molar-refractivity contribution in [2.24, 2.45) is 5.92 Å². The molecule has 0 saturated heterocycles. The van der Waals surface area contributed by atoms with Crippen molar-refractivity contribution in [1.29, 1.82) is 0 Å². The van der Waals surface area contributed by atoms with Crippen LogP contribution >= 0.6 is 0 Å². The zero-order valence-corrected chi connectivity index (χ0v) is 22.8. The molecule has 8 heteroatoms. The van der Waals surface area contributed by atoms with Crippen LogP contribution in [0.15, 0.2) is 88.2 Å². The van der Waals surface area contributed by atoms with E-state index in [-0.39, 0.29) is 30.0 Å². The molecule has 1 N–H and O–H groups in total. The van der Waals surface area contributed by atoms with E-state index in [1.165, 1.54) is 0 Å². The summed E-state index contributed by atoms with van der Waals surface area (Å²) >= 11 is 0. The Balaban J connectivity index is 1.33. The highest BCUT2D eigenvalue weighted by atomic mass is 16.5. The number of nitrogens with one attached hydrogen (secondary N) is 1. The van der Waals surface area contributed by atoms with Crippen molar-refractivity contribution < 1.29 is 18.8 Å². The van der Waals surface area contributed by atoms with E-state index in [0.717, 1.165) is 31.2 Å². The quantitative estimate of drug-likeness (QED) is 0.251. The molecule has 6 rings (SSSR count). The predicted molar refractivity (Wildman–Crippen MR) is 156 cm³/mol. The van der Waals surface area contributed by atoms with Crippen molar-refractivity contribution in [2.75, 3.05) is 6.54 Å². The number of rotatable bonds is 7. The Morgan fingerprint density at radius 1 is 0.976 bits per heavy atom. The lowest BCUT2D eigenvalue weighted by molar-refractivity contribution is 0.0475. The zero-order valence-electron chi connectivity index (χ0n) is 22.8. The van der Waals surface area contributed by atoms with Gasteiger partial charge in [-0.3, -0.25) is 9.59 Å². The lowest BCUT2D eigenvalue weighted by atomic mass is 9.85. The highest BCUT2D eigenvalue weighted by Gasteiger charge is 2.29. The Kier molecular flexibility index (Phi) is 7.37. The number of carbonyl (C=O) groups is 2. The van der Waals surface area contributed by atoms with Crippen LogP contribution in [0.4, 0.5) is 0 Å². The van der Waals surface area contributed by atoms with Crippen LogP contribution in [0.25, 0.3) is 21.8 Å². The number of hydrogen-bond donors (Lipinski definition) is 1. The van der Waals surface area contributed by atoms with Gasteiger partial charge in [0.25, 0.3) is 11.5 Å². The Morgan fingerprint density at radius 3 is 2.51 bits per heavy atom. The molecule has 0 radical (unpaired) electrons. The number of benzene rings is 3. The molecule has 5 aromatic rings. The van der Waals surface area contributed by atoms with Crippen LogP contribution in [0.5, 0.6) is 0 Å². The second-order valence-corrected chi connectivity index (χ2v) is 10.7. The third-order valence-electron chi connectivity index (χ3n) is 7.97. The molecule has 2 heterocycles. The third kappa shape index (κ3) is 5.25. The molecule has 2 unspecified atom stereocenters. The zero-order chi connectivity index (χ0) is 28.3. The van der Waals surface area contributed by atoms with Crippen LogP contribution in [0, 0.1) is 12.8 Å². The van der Waals surface area contributed by atoms with Crippen LogP contribution < -0.4 is 10.9 Å². The van der Waals surface area contributed by atoms with E-state index in [2.05, 4.69) is 10.5 Å². The molecular weight excluding hydrogens is 518 g/mol. The Bertz CT molecular complexity index is 1780. The molecule has 1 aliphatic rings. The molecule has 3 aromatic carbocycles. The molecule has 0 aliphatic heterocycles. The minimum Gasteiger partial charge on any atom is -0.457 e.